The Kier molecular flexibility index (Phi) is 5.21. The second kappa shape index (κ2) is 7.14. The highest BCUT2D eigenvalue weighted by Crippen LogP contribution is 2.11. The summed E-state index contributed by atoms with van der Waals surface area (Å²) in [5, 5.41) is 2.94. The molecule has 1 atom stereocenters. The van der Waals surface area contributed by atoms with Crippen LogP contribution < -0.4 is 11.1 Å². The summed E-state index contributed by atoms with van der Waals surface area (Å²) in [7, 11) is 0. The number of rotatable bonds is 3. The summed E-state index contributed by atoms with van der Waals surface area (Å²) >= 11 is 0. The van der Waals surface area contributed by atoms with Crippen LogP contribution in [0.25, 0.3) is 0 Å². The number of hydrogen-bond acceptors (Lipinski definition) is 2. The first-order valence-corrected chi connectivity index (χ1v) is 7.10. The minimum absolute atomic E-state index is 0.0216. The Morgan fingerprint density at radius 2 is 1.79 bits per heavy atom. The van der Waals surface area contributed by atoms with Gasteiger partial charge in [0.1, 0.15) is 0 Å². The van der Waals surface area contributed by atoms with Crippen LogP contribution in [-0.2, 0) is 0 Å². The zero-order valence-corrected chi connectivity index (χ0v) is 11.3. The molecule has 4 nitrogen and oxygen atoms in total. The molecule has 0 bridgehead atoms. The highest BCUT2D eigenvalue weighted by molar-refractivity contribution is 5.74. The van der Waals surface area contributed by atoms with E-state index >= 15 is 0 Å². The second-order valence-corrected chi connectivity index (χ2v) is 5.10. The predicted molar refractivity (Wildman–Crippen MR) is 76.8 cm³/mol. The highest BCUT2D eigenvalue weighted by Gasteiger charge is 2.16. The van der Waals surface area contributed by atoms with E-state index in [2.05, 4.69) is 5.32 Å². The average molecular weight is 261 g/mol. The van der Waals surface area contributed by atoms with E-state index in [1.807, 2.05) is 35.2 Å². The molecule has 4 heteroatoms. The zero-order valence-electron chi connectivity index (χ0n) is 11.3. The number of nitrogens with two attached hydrogens (primary N) is 1. The molecule has 3 N–H and O–H groups in total. The van der Waals surface area contributed by atoms with Gasteiger partial charge < -0.3 is 16.0 Å². The summed E-state index contributed by atoms with van der Waals surface area (Å²) in [5.74, 6) is 0. The first kappa shape index (κ1) is 13.9. The first-order valence-electron chi connectivity index (χ1n) is 7.10. The molecule has 1 unspecified atom stereocenters. The van der Waals surface area contributed by atoms with Crippen molar-refractivity contribution in [2.75, 3.05) is 19.6 Å². The predicted octanol–water partition coefficient (Wildman–Crippen LogP) is 2.27. The highest BCUT2D eigenvalue weighted by atomic mass is 16.2. The average Bonchev–Trinajstić information content (AvgIpc) is 2.74. The molecule has 104 valence electrons. The van der Waals surface area contributed by atoms with E-state index in [1.165, 1.54) is 12.8 Å². The lowest BCUT2D eigenvalue weighted by Crippen LogP contribution is -2.43. The molecule has 1 aromatic rings. The van der Waals surface area contributed by atoms with Crippen LogP contribution in [0.3, 0.4) is 0 Å². The number of benzene rings is 1. The van der Waals surface area contributed by atoms with Gasteiger partial charge in [-0.1, -0.05) is 43.2 Å². The van der Waals surface area contributed by atoms with Crippen molar-refractivity contribution in [2.24, 2.45) is 5.73 Å². The molecule has 19 heavy (non-hydrogen) atoms. The molecule has 2 amide bonds. The van der Waals surface area contributed by atoms with Crippen LogP contribution in [0.1, 0.15) is 37.3 Å². The third-order valence-electron chi connectivity index (χ3n) is 3.59. The van der Waals surface area contributed by atoms with Gasteiger partial charge in [-0.3, -0.25) is 0 Å². The summed E-state index contributed by atoms with van der Waals surface area (Å²) in [5.41, 5.74) is 7.12. The van der Waals surface area contributed by atoms with Crippen LogP contribution in [-0.4, -0.2) is 30.6 Å². The molecule has 1 fully saturated rings. The van der Waals surface area contributed by atoms with Gasteiger partial charge in [-0.2, -0.15) is 0 Å². The van der Waals surface area contributed by atoms with Crippen molar-refractivity contribution in [3.8, 4) is 0 Å². The van der Waals surface area contributed by atoms with Gasteiger partial charge in [0.25, 0.3) is 0 Å². The quantitative estimate of drug-likeness (QED) is 0.877. The van der Waals surface area contributed by atoms with Crippen LogP contribution in [0.2, 0.25) is 0 Å². The van der Waals surface area contributed by atoms with E-state index in [0.717, 1.165) is 31.5 Å². The number of carbonyl (C=O) groups excluding carboxylic acids is 1. The van der Waals surface area contributed by atoms with Gasteiger partial charge in [-0.05, 0) is 18.4 Å². The van der Waals surface area contributed by atoms with Crippen LogP contribution >= 0.6 is 0 Å². The lowest BCUT2D eigenvalue weighted by molar-refractivity contribution is 0.199. The molecule has 0 saturated carbocycles. The SMILES string of the molecule is NC(CNC(=O)N1CCCCCC1)c1ccccc1. The molecule has 0 aromatic heterocycles. The number of nitrogens with one attached hydrogen (secondary N) is 1. The maximum atomic E-state index is 12.0. The zero-order chi connectivity index (χ0) is 13.5. The van der Waals surface area contributed by atoms with Crippen molar-refractivity contribution in [1.29, 1.82) is 0 Å². The van der Waals surface area contributed by atoms with Gasteiger partial charge in [-0.15, -0.1) is 0 Å². The van der Waals surface area contributed by atoms with Crippen LogP contribution in [0.4, 0.5) is 4.79 Å². The van der Waals surface area contributed by atoms with Gasteiger partial charge in [0.2, 0.25) is 0 Å². The van der Waals surface area contributed by atoms with E-state index in [1.54, 1.807) is 0 Å². The first-order chi connectivity index (χ1) is 9.27. The second-order valence-electron chi connectivity index (χ2n) is 5.10. The molecule has 1 saturated heterocycles. The monoisotopic (exact) mass is 261 g/mol. The van der Waals surface area contributed by atoms with Gasteiger partial charge in [0.05, 0.1) is 0 Å². The lowest BCUT2D eigenvalue weighted by atomic mass is 10.1. The summed E-state index contributed by atoms with van der Waals surface area (Å²) < 4.78 is 0. The van der Waals surface area contributed by atoms with Gasteiger partial charge in [0, 0.05) is 25.7 Å². The van der Waals surface area contributed by atoms with E-state index in [9.17, 15) is 4.79 Å². The smallest absolute Gasteiger partial charge is 0.317 e. The maximum absolute atomic E-state index is 12.0. The Labute approximate surface area is 115 Å². The van der Waals surface area contributed by atoms with E-state index in [0.29, 0.717) is 6.54 Å². The Morgan fingerprint density at radius 3 is 2.42 bits per heavy atom. The van der Waals surface area contributed by atoms with Crippen LogP contribution in [0, 0.1) is 0 Å². The number of carbonyl (C=O) groups is 1. The topological polar surface area (TPSA) is 58.4 Å². The molecule has 1 aromatic carbocycles. The largest absolute Gasteiger partial charge is 0.336 e. The molecule has 1 aliphatic rings. The molecule has 1 aliphatic heterocycles. The normalized spacial score (nSPS) is 17.6. The lowest BCUT2D eigenvalue weighted by Gasteiger charge is -2.22. The number of likely N-dealkylation sites (tertiary alicyclic amines) is 1. The summed E-state index contributed by atoms with van der Waals surface area (Å²) in [6, 6.07) is 9.75. The van der Waals surface area contributed by atoms with E-state index in [4.69, 9.17) is 5.73 Å². The van der Waals surface area contributed by atoms with Crippen molar-refractivity contribution in [1.82, 2.24) is 10.2 Å². The molecular formula is C15H23N3O. The van der Waals surface area contributed by atoms with Crippen molar-refractivity contribution in [3.05, 3.63) is 35.9 Å². The molecule has 2 rings (SSSR count). The van der Waals surface area contributed by atoms with Crippen molar-refractivity contribution in [3.63, 3.8) is 0 Å². The molecule has 0 radical (unpaired) electrons. The molecule has 1 heterocycles. The fourth-order valence-electron chi connectivity index (χ4n) is 2.40. The minimum atomic E-state index is -0.142. The third-order valence-corrected chi connectivity index (χ3v) is 3.59. The fraction of sp³-hybridized carbons (Fsp3) is 0.533. The molecular weight excluding hydrogens is 238 g/mol. The number of urea groups is 1. The summed E-state index contributed by atoms with van der Waals surface area (Å²) in [4.78, 5) is 14.0. The molecule has 0 spiro atoms. The Morgan fingerprint density at radius 1 is 1.16 bits per heavy atom. The maximum Gasteiger partial charge on any atom is 0.317 e. The van der Waals surface area contributed by atoms with Crippen LogP contribution in [0.5, 0.6) is 0 Å². The number of hydrogen-bond donors (Lipinski definition) is 2. The summed E-state index contributed by atoms with van der Waals surface area (Å²) in [6.45, 7) is 2.22. The van der Waals surface area contributed by atoms with Crippen molar-refractivity contribution in [2.45, 2.75) is 31.7 Å². The molecule has 0 aliphatic carbocycles. The van der Waals surface area contributed by atoms with Gasteiger partial charge in [0.15, 0.2) is 0 Å². The number of nitrogens with zero attached hydrogens (tertiary/aromatic N) is 1. The van der Waals surface area contributed by atoms with Gasteiger partial charge >= 0.3 is 6.03 Å². The minimum Gasteiger partial charge on any atom is -0.336 e. The van der Waals surface area contributed by atoms with Gasteiger partial charge in [-0.25, -0.2) is 4.79 Å². The van der Waals surface area contributed by atoms with Crippen molar-refractivity contribution >= 4 is 6.03 Å². The Hall–Kier alpha value is -1.55. The third kappa shape index (κ3) is 4.24. The summed E-state index contributed by atoms with van der Waals surface area (Å²) in [6.07, 6.45) is 4.68. The Balaban J connectivity index is 1.79. The Bertz CT molecular complexity index is 386. The fourth-order valence-corrected chi connectivity index (χ4v) is 2.40. The van der Waals surface area contributed by atoms with Crippen LogP contribution in [0.15, 0.2) is 30.3 Å². The van der Waals surface area contributed by atoms with Crippen molar-refractivity contribution < 1.29 is 4.79 Å². The van der Waals surface area contributed by atoms with E-state index < -0.39 is 0 Å². The number of amides is 2. The van der Waals surface area contributed by atoms with E-state index in [-0.39, 0.29) is 12.1 Å². The standard InChI is InChI=1S/C15H23N3O/c16-14(13-8-4-3-5-9-13)12-17-15(19)18-10-6-1-2-7-11-18/h3-5,8-9,14H,1-2,6-7,10-12,16H2,(H,17,19).